The number of nitrogen functional groups attached to an aromatic ring is 1. The second-order valence-electron chi connectivity index (χ2n) is 8.42. The van der Waals surface area contributed by atoms with Gasteiger partial charge in [0, 0.05) is 30.9 Å². The van der Waals surface area contributed by atoms with Crippen molar-refractivity contribution in [1.29, 1.82) is 0 Å². The molecule has 1 aromatic heterocycles. The van der Waals surface area contributed by atoms with E-state index in [9.17, 15) is 4.39 Å². The molecule has 1 saturated heterocycles. The zero-order valence-electron chi connectivity index (χ0n) is 18.1. The first-order chi connectivity index (χ1) is 15.1. The molecule has 31 heavy (non-hydrogen) atoms. The van der Waals surface area contributed by atoms with Crippen LogP contribution in [0.15, 0.2) is 18.2 Å². The van der Waals surface area contributed by atoms with Crippen LogP contribution in [-0.2, 0) is 0 Å². The summed E-state index contributed by atoms with van der Waals surface area (Å²) in [6.45, 7) is 2.41. The minimum Gasteiger partial charge on any atom is -0.494 e. The highest BCUT2D eigenvalue weighted by atomic mass is 19.1. The predicted octanol–water partition coefficient (Wildman–Crippen LogP) is 3.48. The van der Waals surface area contributed by atoms with Crippen LogP contribution in [0.5, 0.6) is 5.75 Å². The van der Waals surface area contributed by atoms with Gasteiger partial charge in [-0.05, 0) is 50.3 Å². The first-order valence-electron chi connectivity index (χ1n) is 11.2. The molecule has 4 rings (SSSR count). The summed E-state index contributed by atoms with van der Waals surface area (Å²) in [4.78, 5) is 15.2. The number of rotatable bonds is 8. The van der Waals surface area contributed by atoms with Gasteiger partial charge < -0.3 is 26.0 Å². The van der Waals surface area contributed by atoms with Crippen molar-refractivity contribution >= 4 is 23.5 Å². The molecule has 1 aliphatic carbocycles. The quantitative estimate of drug-likeness (QED) is 0.586. The van der Waals surface area contributed by atoms with Crippen LogP contribution in [0.4, 0.5) is 27.9 Å². The molecule has 0 spiro atoms. The molecule has 0 bridgehead atoms. The smallest absolute Gasteiger partial charge is 0.236 e. The maximum Gasteiger partial charge on any atom is 0.236 e. The third-order valence-electron chi connectivity index (χ3n) is 6.17. The van der Waals surface area contributed by atoms with Crippen LogP contribution >= 0.6 is 0 Å². The Kier molecular flexibility index (Phi) is 7.01. The predicted molar refractivity (Wildman–Crippen MR) is 120 cm³/mol. The molecule has 1 aromatic carbocycles. The highest BCUT2D eigenvalue weighted by Gasteiger charge is 2.23. The van der Waals surface area contributed by atoms with Gasteiger partial charge in [0.05, 0.1) is 7.11 Å². The molecule has 2 aromatic rings. The van der Waals surface area contributed by atoms with Gasteiger partial charge in [0.2, 0.25) is 17.8 Å². The Morgan fingerprint density at radius 2 is 2.00 bits per heavy atom. The van der Waals surface area contributed by atoms with Gasteiger partial charge in [-0.2, -0.15) is 15.0 Å². The summed E-state index contributed by atoms with van der Waals surface area (Å²) in [5.41, 5.74) is 6.68. The molecule has 9 heteroatoms. The van der Waals surface area contributed by atoms with E-state index in [1.165, 1.54) is 45.3 Å². The van der Waals surface area contributed by atoms with E-state index in [1.807, 2.05) is 11.0 Å². The molecule has 1 saturated carbocycles. The normalized spacial score (nSPS) is 19.4. The van der Waals surface area contributed by atoms with E-state index < -0.39 is 5.82 Å². The van der Waals surface area contributed by atoms with Crippen LogP contribution in [0.25, 0.3) is 0 Å². The molecule has 1 unspecified atom stereocenters. The molecule has 4 N–H and O–H groups in total. The van der Waals surface area contributed by atoms with Crippen molar-refractivity contribution in [2.45, 2.75) is 51.0 Å². The van der Waals surface area contributed by atoms with Crippen LogP contribution in [0.1, 0.15) is 44.9 Å². The lowest BCUT2D eigenvalue weighted by Crippen LogP contribution is -2.36. The van der Waals surface area contributed by atoms with Crippen molar-refractivity contribution < 1.29 is 9.13 Å². The maximum absolute atomic E-state index is 14.5. The highest BCUT2D eigenvalue weighted by molar-refractivity contribution is 5.60. The average molecular weight is 430 g/mol. The molecule has 168 valence electrons. The largest absolute Gasteiger partial charge is 0.494 e. The first kappa shape index (κ1) is 21.5. The fourth-order valence-electron chi connectivity index (χ4n) is 4.47. The van der Waals surface area contributed by atoms with E-state index in [-0.39, 0.29) is 17.7 Å². The van der Waals surface area contributed by atoms with E-state index in [0.717, 1.165) is 25.9 Å². The Labute approximate surface area is 182 Å². The van der Waals surface area contributed by atoms with Gasteiger partial charge in [-0.25, -0.2) is 4.39 Å². The average Bonchev–Trinajstić information content (AvgIpc) is 3.30. The van der Waals surface area contributed by atoms with Crippen molar-refractivity contribution in [3.8, 4) is 5.75 Å². The molecule has 1 atom stereocenters. The molecular formula is C22H32FN7O. The lowest BCUT2D eigenvalue weighted by Gasteiger charge is -2.27. The second kappa shape index (κ2) is 10.1. The minimum atomic E-state index is -0.429. The number of methoxy groups -OCH3 is 1. The van der Waals surface area contributed by atoms with Gasteiger partial charge in [-0.3, -0.25) is 0 Å². The van der Waals surface area contributed by atoms with E-state index in [1.54, 1.807) is 6.07 Å². The Bertz CT molecular complexity index is 869. The van der Waals surface area contributed by atoms with Crippen molar-refractivity contribution in [3.05, 3.63) is 24.0 Å². The summed E-state index contributed by atoms with van der Waals surface area (Å²) >= 11 is 0. The fraction of sp³-hybridized carbons (Fsp3) is 0.591. The van der Waals surface area contributed by atoms with Crippen LogP contribution < -0.4 is 26.0 Å². The van der Waals surface area contributed by atoms with Crippen molar-refractivity contribution in [2.24, 2.45) is 5.92 Å². The number of hydrogen-bond acceptors (Lipinski definition) is 8. The third kappa shape index (κ3) is 5.52. The number of nitrogens with zero attached hydrogens (tertiary/aromatic N) is 4. The minimum absolute atomic E-state index is 0.148. The lowest BCUT2D eigenvalue weighted by atomic mass is 9.89. The van der Waals surface area contributed by atoms with Crippen molar-refractivity contribution in [2.75, 3.05) is 42.7 Å². The van der Waals surface area contributed by atoms with E-state index in [4.69, 9.17) is 10.5 Å². The lowest BCUT2D eigenvalue weighted by molar-refractivity contribution is 0.373. The highest BCUT2D eigenvalue weighted by Crippen LogP contribution is 2.29. The maximum atomic E-state index is 14.5. The summed E-state index contributed by atoms with van der Waals surface area (Å²) < 4.78 is 19.5. The molecule has 0 radical (unpaired) electrons. The molecule has 2 heterocycles. The number of nitrogens with one attached hydrogen (secondary N) is 2. The van der Waals surface area contributed by atoms with Gasteiger partial charge in [0.25, 0.3) is 0 Å². The van der Waals surface area contributed by atoms with Crippen LogP contribution in [0.3, 0.4) is 0 Å². The van der Waals surface area contributed by atoms with E-state index >= 15 is 0 Å². The number of anilines is 4. The Morgan fingerprint density at radius 3 is 2.71 bits per heavy atom. The topological polar surface area (TPSA) is 101 Å². The monoisotopic (exact) mass is 429 g/mol. The SMILES string of the molecule is COc1ccc(N(CC2CCCN2)c2nc(N)nc(NCC3CCCCC3)n2)cc1F. The second-order valence-corrected chi connectivity index (χ2v) is 8.42. The number of benzene rings is 1. The molecule has 2 aliphatic rings. The van der Waals surface area contributed by atoms with Crippen LogP contribution in [-0.4, -0.2) is 47.7 Å². The Balaban J connectivity index is 1.58. The number of ether oxygens (including phenoxy) is 1. The zero-order valence-corrected chi connectivity index (χ0v) is 18.1. The summed E-state index contributed by atoms with van der Waals surface area (Å²) in [7, 11) is 1.45. The molecule has 8 nitrogen and oxygen atoms in total. The first-order valence-corrected chi connectivity index (χ1v) is 11.2. The van der Waals surface area contributed by atoms with Crippen LogP contribution in [0.2, 0.25) is 0 Å². The summed E-state index contributed by atoms with van der Waals surface area (Å²) in [5.74, 6) is 1.43. The van der Waals surface area contributed by atoms with Crippen molar-refractivity contribution in [1.82, 2.24) is 20.3 Å². The number of hydrogen-bond donors (Lipinski definition) is 3. The summed E-state index contributed by atoms with van der Waals surface area (Å²) in [6.07, 6.45) is 8.49. The Hall–Kier alpha value is -2.68. The molecular weight excluding hydrogens is 397 g/mol. The number of halogens is 1. The number of aromatic nitrogens is 3. The van der Waals surface area contributed by atoms with Crippen LogP contribution in [0, 0.1) is 11.7 Å². The standard InChI is InChI=1S/C22H32FN7O/c1-31-19-10-9-17(12-18(19)23)30(14-16-8-5-11-25-16)22-28-20(24)27-21(29-22)26-13-15-6-3-2-4-7-15/h9-10,12,15-16,25H,2-8,11,13-14H2,1H3,(H3,24,26,27,28,29). The van der Waals surface area contributed by atoms with E-state index in [0.29, 0.717) is 30.0 Å². The third-order valence-corrected chi connectivity index (χ3v) is 6.17. The van der Waals surface area contributed by atoms with Gasteiger partial charge in [0.1, 0.15) is 0 Å². The zero-order chi connectivity index (χ0) is 21.6. The molecule has 0 amide bonds. The number of nitrogens with two attached hydrogens (primary N) is 1. The summed E-state index contributed by atoms with van der Waals surface area (Å²) in [5, 5.41) is 6.83. The fourth-order valence-corrected chi connectivity index (χ4v) is 4.47. The van der Waals surface area contributed by atoms with Crippen molar-refractivity contribution in [3.63, 3.8) is 0 Å². The van der Waals surface area contributed by atoms with Gasteiger partial charge >= 0.3 is 0 Å². The molecule has 1 aliphatic heterocycles. The van der Waals surface area contributed by atoms with Gasteiger partial charge in [-0.15, -0.1) is 0 Å². The van der Waals surface area contributed by atoms with Gasteiger partial charge in [-0.1, -0.05) is 19.3 Å². The summed E-state index contributed by atoms with van der Waals surface area (Å²) in [6, 6.07) is 5.14. The van der Waals surface area contributed by atoms with E-state index in [2.05, 4.69) is 25.6 Å². The Morgan fingerprint density at radius 1 is 1.16 bits per heavy atom. The molecule has 2 fully saturated rings. The van der Waals surface area contributed by atoms with Gasteiger partial charge in [0.15, 0.2) is 11.6 Å².